The Labute approximate surface area is 212 Å². The molecule has 1 aromatic heterocycles. The van der Waals surface area contributed by atoms with Gasteiger partial charge < -0.3 is 10.2 Å². The van der Waals surface area contributed by atoms with E-state index in [0.29, 0.717) is 11.1 Å². The van der Waals surface area contributed by atoms with Crippen molar-refractivity contribution in [3.63, 3.8) is 0 Å². The maximum Gasteiger partial charge on any atom is 0.516 e. The fraction of sp³-hybridized carbons (Fsp3) is 0.304. The van der Waals surface area contributed by atoms with Gasteiger partial charge in [-0.05, 0) is 48.2 Å². The summed E-state index contributed by atoms with van der Waals surface area (Å²) in [5.41, 5.74) is -5.52. The van der Waals surface area contributed by atoms with E-state index < -0.39 is 33.1 Å². The van der Waals surface area contributed by atoms with Crippen LogP contribution in [0.4, 0.5) is 48.1 Å². The minimum Gasteiger partial charge on any atom is -0.363 e. The molecule has 38 heavy (non-hydrogen) atoms. The second-order valence-corrected chi connectivity index (χ2v) is 10.2. The zero-order valence-corrected chi connectivity index (χ0v) is 20.1. The van der Waals surface area contributed by atoms with Crippen molar-refractivity contribution in [1.29, 1.82) is 0 Å². The SMILES string of the molecule is O=S(=O)(Nc1ccc(CNc2ncnc(N(Cc3ccc(C(F)(F)F)cc3)C3CC3)c2F)cc1)C(F)(F)F. The summed E-state index contributed by atoms with van der Waals surface area (Å²) in [6.45, 7) is 0.132. The molecule has 2 N–H and O–H groups in total. The summed E-state index contributed by atoms with van der Waals surface area (Å²) in [6.07, 6.45) is -1.81. The van der Waals surface area contributed by atoms with Crippen LogP contribution in [-0.2, 0) is 29.3 Å². The second kappa shape index (κ2) is 10.3. The van der Waals surface area contributed by atoms with Gasteiger partial charge in [-0.15, -0.1) is 0 Å². The molecule has 1 saturated carbocycles. The molecule has 0 atom stereocenters. The van der Waals surface area contributed by atoms with Crippen LogP contribution in [0.3, 0.4) is 0 Å². The van der Waals surface area contributed by atoms with Crippen LogP contribution in [0.15, 0.2) is 54.9 Å². The number of aromatic nitrogens is 2. The maximum atomic E-state index is 15.3. The molecular formula is C23H20F7N5O2S. The third-order valence-corrected chi connectivity index (χ3v) is 6.75. The zero-order valence-electron chi connectivity index (χ0n) is 19.3. The van der Waals surface area contributed by atoms with Crippen molar-refractivity contribution in [3.05, 3.63) is 77.4 Å². The highest BCUT2D eigenvalue weighted by Gasteiger charge is 2.46. The topological polar surface area (TPSA) is 87.2 Å². The van der Waals surface area contributed by atoms with Gasteiger partial charge in [-0.25, -0.2) is 9.97 Å². The summed E-state index contributed by atoms with van der Waals surface area (Å²) in [7, 11) is -5.56. The van der Waals surface area contributed by atoms with E-state index in [4.69, 9.17) is 0 Å². The highest BCUT2D eigenvalue weighted by atomic mass is 32.2. The Balaban J connectivity index is 1.45. The van der Waals surface area contributed by atoms with Crippen molar-refractivity contribution in [2.24, 2.45) is 0 Å². The van der Waals surface area contributed by atoms with Gasteiger partial charge in [0.1, 0.15) is 6.33 Å². The van der Waals surface area contributed by atoms with E-state index >= 15 is 4.39 Å². The Morgan fingerprint density at radius 1 is 0.895 bits per heavy atom. The number of hydrogen-bond donors (Lipinski definition) is 2. The van der Waals surface area contributed by atoms with Gasteiger partial charge in [0.2, 0.25) is 5.82 Å². The summed E-state index contributed by atoms with van der Waals surface area (Å²) in [5.74, 6) is -0.961. The van der Waals surface area contributed by atoms with Crippen LogP contribution >= 0.6 is 0 Å². The van der Waals surface area contributed by atoms with E-state index in [1.165, 1.54) is 29.0 Å². The lowest BCUT2D eigenvalue weighted by atomic mass is 10.1. The zero-order chi connectivity index (χ0) is 27.7. The van der Waals surface area contributed by atoms with Gasteiger partial charge in [0.25, 0.3) is 0 Å². The summed E-state index contributed by atoms with van der Waals surface area (Å²) in [5, 5.41) is 2.77. The summed E-state index contributed by atoms with van der Waals surface area (Å²) < 4.78 is 115. The molecule has 204 valence electrons. The Hall–Kier alpha value is -3.62. The van der Waals surface area contributed by atoms with Gasteiger partial charge in [0.15, 0.2) is 11.6 Å². The van der Waals surface area contributed by atoms with E-state index in [1.807, 2.05) is 0 Å². The Kier molecular flexibility index (Phi) is 7.41. The third kappa shape index (κ3) is 6.44. The minimum absolute atomic E-state index is 0.00199. The van der Waals surface area contributed by atoms with E-state index in [-0.39, 0.29) is 36.5 Å². The molecule has 0 saturated heterocycles. The molecule has 1 aliphatic rings. The molecule has 0 unspecified atom stereocenters. The van der Waals surface area contributed by atoms with Crippen LogP contribution in [0.5, 0.6) is 0 Å². The van der Waals surface area contributed by atoms with Gasteiger partial charge >= 0.3 is 21.7 Å². The van der Waals surface area contributed by atoms with Crippen molar-refractivity contribution in [2.75, 3.05) is 14.9 Å². The fourth-order valence-electron chi connectivity index (χ4n) is 3.53. The van der Waals surface area contributed by atoms with E-state index in [0.717, 1.165) is 43.4 Å². The number of benzene rings is 2. The van der Waals surface area contributed by atoms with E-state index in [9.17, 15) is 34.8 Å². The fourth-order valence-corrected chi connectivity index (χ4v) is 4.09. The monoisotopic (exact) mass is 563 g/mol. The molecule has 0 aliphatic heterocycles. The number of nitrogens with zero attached hydrogens (tertiary/aromatic N) is 3. The first-order valence-electron chi connectivity index (χ1n) is 11.1. The number of rotatable bonds is 9. The van der Waals surface area contributed by atoms with Crippen molar-refractivity contribution in [2.45, 2.75) is 43.7 Å². The normalized spacial score (nSPS) is 14.3. The molecule has 1 heterocycles. The average molecular weight is 563 g/mol. The van der Waals surface area contributed by atoms with Crippen LogP contribution in [-0.4, -0.2) is 29.9 Å². The number of hydrogen-bond acceptors (Lipinski definition) is 6. The van der Waals surface area contributed by atoms with Crippen LogP contribution in [0.1, 0.15) is 29.5 Å². The highest BCUT2D eigenvalue weighted by molar-refractivity contribution is 7.93. The Morgan fingerprint density at radius 3 is 2.05 bits per heavy atom. The number of sulfonamides is 1. The molecule has 15 heteroatoms. The minimum atomic E-state index is -5.56. The van der Waals surface area contributed by atoms with Crippen LogP contribution in [0.2, 0.25) is 0 Å². The van der Waals surface area contributed by atoms with Gasteiger partial charge in [0, 0.05) is 24.8 Å². The third-order valence-electron chi connectivity index (χ3n) is 5.64. The smallest absolute Gasteiger partial charge is 0.363 e. The van der Waals surface area contributed by atoms with Crippen molar-refractivity contribution in [1.82, 2.24) is 9.97 Å². The molecule has 0 bridgehead atoms. The van der Waals surface area contributed by atoms with Crippen LogP contribution < -0.4 is 14.9 Å². The quantitative estimate of drug-likeness (QED) is 0.326. The molecule has 3 aromatic rings. The standard InChI is InChI=1S/C23H20F7N5O2S/c24-19-20(31-11-14-3-7-17(8-4-14)34-38(36,37)23(28,29)30)32-13-33-21(19)35(18-9-10-18)12-15-1-5-16(6-2-15)22(25,26)27/h1-8,13,18,34H,9-12H2,(H,31,32,33). The largest absolute Gasteiger partial charge is 0.516 e. The van der Waals surface area contributed by atoms with Crippen molar-refractivity contribution in [3.8, 4) is 0 Å². The highest BCUT2D eigenvalue weighted by Crippen LogP contribution is 2.35. The molecule has 1 fully saturated rings. The first kappa shape index (κ1) is 27.4. The summed E-state index contributed by atoms with van der Waals surface area (Å²) in [6, 6.07) is 9.49. The molecule has 4 rings (SSSR count). The lowest BCUT2D eigenvalue weighted by Gasteiger charge is -2.24. The average Bonchev–Trinajstić information content (AvgIpc) is 3.67. The van der Waals surface area contributed by atoms with Gasteiger partial charge in [-0.3, -0.25) is 4.72 Å². The molecule has 7 nitrogen and oxygen atoms in total. The number of anilines is 3. The predicted octanol–water partition coefficient (Wildman–Crippen LogP) is 5.68. The van der Waals surface area contributed by atoms with E-state index in [1.54, 1.807) is 4.90 Å². The maximum absolute atomic E-state index is 15.3. The summed E-state index contributed by atoms with van der Waals surface area (Å²) in [4.78, 5) is 9.59. The first-order chi connectivity index (χ1) is 17.7. The molecule has 0 radical (unpaired) electrons. The molecule has 0 amide bonds. The Morgan fingerprint density at radius 2 is 1.50 bits per heavy atom. The summed E-state index contributed by atoms with van der Waals surface area (Å²) >= 11 is 0. The van der Waals surface area contributed by atoms with Gasteiger partial charge in [-0.1, -0.05) is 24.3 Å². The second-order valence-electron chi connectivity index (χ2n) is 8.52. The molecule has 2 aromatic carbocycles. The number of halogens is 7. The van der Waals surface area contributed by atoms with Crippen LogP contribution in [0, 0.1) is 5.82 Å². The van der Waals surface area contributed by atoms with Gasteiger partial charge in [0.05, 0.1) is 5.56 Å². The molecular weight excluding hydrogens is 543 g/mol. The number of alkyl halides is 6. The predicted molar refractivity (Wildman–Crippen MR) is 125 cm³/mol. The van der Waals surface area contributed by atoms with Gasteiger partial charge in [-0.2, -0.15) is 39.2 Å². The molecule has 1 aliphatic carbocycles. The van der Waals surface area contributed by atoms with Crippen molar-refractivity contribution >= 4 is 27.3 Å². The van der Waals surface area contributed by atoms with Crippen molar-refractivity contribution < 1.29 is 39.2 Å². The van der Waals surface area contributed by atoms with E-state index in [2.05, 4.69) is 15.3 Å². The lowest BCUT2D eigenvalue weighted by Crippen LogP contribution is -2.29. The molecule has 0 spiro atoms. The number of nitrogens with one attached hydrogen (secondary N) is 2. The Bertz CT molecular complexity index is 1380. The van der Waals surface area contributed by atoms with Crippen LogP contribution in [0.25, 0.3) is 0 Å². The lowest BCUT2D eigenvalue weighted by molar-refractivity contribution is -0.137. The first-order valence-corrected chi connectivity index (χ1v) is 12.6.